The smallest absolute Gasteiger partial charge is 0.337 e. The van der Waals surface area contributed by atoms with Crippen LogP contribution >= 0.6 is 11.3 Å². The van der Waals surface area contributed by atoms with Gasteiger partial charge in [-0.2, -0.15) is 0 Å². The highest BCUT2D eigenvalue weighted by molar-refractivity contribution is 7.10. The molecule has 0 spiro atoms. The van der Waals surface area contributed by atoms with Gasteiger partial charge in [0.2, 0.25) is 5.91 Å². The lowest BCUT2D eigenvalue weighted by Crippen LogP contribution is -2.13. The van der Waals surface area contributed by atoms with Crippen LogP contribution in [-0.2, 0) is 16.0 Å². The lowest BCUT2D eigenvalue weighted by Gasteiger charge is -2.09. The Balaban J connectivity index is 1.61. The third-order valence-corrected chi connectivity index (χ3v) is 4.53. The van der Waals surface area contributed by atoms with E-state index in [0.29, 0.717) is 12.0 Å². The van der Waals surface area contributed by atoms with E-state index in [0.717, 1.165) is 21.9 Å². The molecular formula is C20H18N2O3S. The molecule has 3 rings (SSSR count). The maximum Gasteiger partial charge on any atom is 0.337 e. The number of hydrogen-bond acceptors (Lipinski definition) is 5. The first-order valence-corrected chi connectivity index (χ1v) is 8.90. The van der Waals surface area contributed by atoms with Crippen LogP contribution < -0.4 is 10.6 Å². The first kappa shape index (κ1) is 17.7. The number of benzene rings is 2. The zero-order chi connectivity index (χ0) is 18.4. The van der Waals surface area contributed by atoms with Gasteiger partial charge < -0.3 is 15.4 Å². The largest absolute Gasteiger partial charge is 0.465 e. The molecule has 6 heteroatoms. The number of rotatable bonds is 6. The lowest BCUT2D eigenvalue weighted by atomic mass is 10.2. The van der Waals surface area contributed by atoms with Crippen LogP contribution in [0.3, 0.4) is 0 Å². The van der Waals surface area contributed by atoms with E-state index in [-0.39, 0.29) is 11.9 Å². The minimum absolute atomic E-state index is 0.0426. The second kappa shape index (κ2) is 8.31. The Morgan fingerprint density at radius 3 is 2.42 bits per heavy atom. The van der Waals surface area contributed by atoms with E-state index in [1.54, 1.807) is 29.5 Å². The molecule has 2 N–H and O–H groups in total. The van der Waals surface area contributed by atoms with Crippen molar-refractivity contribution in [2.24, 2.45) is 0 Å². The van der Waals surface area contributed by atoms with Crippen molar-refractivity contribution >= 4 is 40.3 Å². The first-order chi connectivity index (χ1) is 12.6. The van der Waals surface area contributed by atoms with Crippen molar-refractivity contribution in [1.29, 1.82) is 0 Å². The molecule has 132 valence electrons. The van der Waals surface area contributed by atoms with Crippen molar-refractivity contribution in [2.45, 2.75) is 6.42 Å². The third kappa shape index (κ3) is 4.70. The number of carbonyl (C=O) groups excluding carboxylic acids is 2. The van der Waals surface area contributed by atoms with Crippen molar-refractivity contribution in [3.8, 4) is 0 Å². The Morgan fingerprint density at radius 1 is 0.962 bits per heavy atom. The maximum absolute atomic E-state index is 12.0. The zero-order valence-corrected chi connectivity index (χ0v) is 15.0. The van der Waals surface area contributed by atoms with Gasteiger partial charge in [0.1, 0.15) is 0 Å². The summed E-state index contributed by atoms with van der Waals surface area (Å²) in [5, 5.41) is 8.06. The molecule has 0 radical (unpaired) electrons. The molecule has 0 bridgehead atoms. The summed E-state index contributed by atoms with van der Waals surface area (Å²) in [5.74, 6) is -0.420. The number of esters is 1. The number of ether oxygens (including phenoxy) is 1. The minimum Gasteiger partial charge on any atom is -0.465 e. The third-order valence-electron chi connectivity index (χ3n) is 3.66. The van der Waals surface area contributed by atoms with Crippen molar-refractivity contribution in [3.63, 3.8) is 0 Å². The Labute approximate surface area is 155 Å². The highest BCUT2D eigenvalue weighted by Crippen LogP contribution is 2.20. The fourth-order valence-corrected chi connectivity index (χ4v) is 3.13. The monoisotopic (exact) mass is 366 g/mol. The zero-order valence-electron chi connectivity index (χ0n) is 14.2. The van der Waals surface area contributed by atoms with Gasteiger partial charge >= 0.3 is 5.97 Å². The maximum atomic E-state index is 12.0. The van der Waals surface area contributed by atoms with Gasteiger partial charge in [0, 0.05) is 21.9 Å². The van der Waals surface area contributed by atoms with Gasteiger partial charge in [-0.25, -0.2) is 4.79 Å². The quantitative estimate of drug-likeness (QED) is 0.632. The van der Waals surface area contributed by atoms with E-state index in [1.807, 2.05) is 47.8 Å². The van der Waals surface area contributed by atoms with Crippen LogP contribution in [-0.4, -0.2) is 19.0 Å². The summed E-state index contributed by atoms with van der Waals surface area (Å²) in [4.78, 5) is 24.6. The Hall–Kier alpha value is -3.12. The van der Waals surface area contributed by atoms with E-state index in [2.05, 4.69) is 10.6 Å². The second-order valence-electron chi connectivity index (χ2n) is 5.58. The number of methoxy groups -OCH3 is 1. The predicted octanol–water partition coefficient (Wildman–Crippen LogP) is 4.46. The fourth-order valence-electron chi connectivity index (χ4n) is 2.42. The van der Waals surface area contributed by atoms with Crippen LogP contribution in [0.2, 0.25) is 0 Å². The average molecular weight is 366 g/mol. The Bertz CT molecular complexity index is 890. The standard InChI is InChI=1S/C20H18N2O3S/c1-25-20(24)14-4-2-5-17(12-14)21-15-7-9-16(10-8-15)22-19(23)13-18-6-3-11-26-18/h2-12,21H,13H2,1H3,(H,22,23). The van der Waals surface area contributed by atoms with Gasteiger partial charge in [-0.05, 0) is 53.9 Å². The molecule has 0 aliphatic carbocycles. The summed E-state index contributed by atoms with van der Waals surface area (Å²) in [6.07, 6.45) is 0.373. The van der Waals surface area contributed by atoms with Crippen molar-refractivity contribution in [1.82, 2.24) is 0 Å². The molecule has 5 nitrogen and oxygen atoms in total. The summed E-state index contributed by atoms with van der Waals surface area (Å²) in [7, 11) is 1.36. The van der Waals surface area contributed by atoms with Gasteiger partial charge in [0.05, 0.1) is 19.1 Å². The minimum atomic E-state index is -0.377. The second-order valence-corrected chi connectivity index (χ2v) is 6.61. The molecule has 0 aliphatic rings. The van der Waals surface area contributed by atoms with E-state index in [9.17, 15) is 9.59 Å². The van der Waals surface area contributed by atoms with Crippen LogP contribution in [0.1, 0.15) is 15.2 Å². The molecule has 0 saturated carbocycles. The van der Waals surface area contributed by atoms with Crippen molar-refractivity contribution < 1.29 is 14.3 Å². The van der Waals surface area contributed by atoms with Gasteiger partial charge in [0.25, 0.3) is 0 Å². The number of anilines is 3. The molecule has 26 heavy (non-hydrogen) atoms. The Morgan fingerprint density at radius 2 is 1.73 bits per heavy atom. The highest BCUT2D eigenvalue weighted by atomic mass is 32.1. The molecule has 3 aromatic rings. The van der Waals surface area contributed by atoms with E-state index >= 15 is 0 Å². The van der Waals surface area contributed by atoms with E-state index in [1.165, 1.54) is 7.11 Å². The average Bonchev–Trinajstić information content (AvgIpc) is 3.16. The molecule has 1 heterocycles. The summed E-state index contributed by atoms with van der Waals surface area (Å²) in [6, 6.07) is 18.3. The van der Waals surface area contributed by atoms with Crippen LogP contribution in [0.25, 0.3) is 0 Å². The van der Waals surface area contributed by atoms with Crippen molar-refractivity contribution in [3.05, 3.63) is 76.5 Å². The molecule has 1 aromatic heterocycles. The molecule has 2 aromatic carbocycles. The summed E-state index contributed by atoms with van der Waals surface area (Å²) in [6.45, 7) is 0. The van der Waals surface area contributed by atoms with Crippen LogP contribution in [0, 0.1) is 0 Å². The van der Waals surface area contributed by atoms with Crippen molar-refractivity contribution in [2.75, 3.05) is 17.7 Å². The topological polar surface area (TPSA) is 67.4 Å². The van der Waals surface area contributed by atoms with Gasteiger partial charge in [-0.3, -0.25) is 4.79 Å². The summed E-state index contributed by atoms with van der Waals surface area (Å²) >= 11 is 1.57. The van der Waals surface area contributed by atoms with Gasteiger partial charge in [-0.1, -0.05) is 12.1 Å². The van der Waals surface area contributed by atoms with E-state index < -0.39 is 0 Å². The number of amides is 1. The van der Waals surface area contributed by atoms with Crippen LogP contribution in [0.4, 0.5) is 17.1 Å². The number of carbonyl (C=O) groups is 2. The summed E-state index contributed by atoms with van der Waals surface area (Å²) in [5.41, 5.74) is 2.85. The number of thiophene rings is 1. The predicted molar refractivity (Wildman–Crippen MR) is 104 cm³/mol. The highest BCUT2D eigenvalue weighted by Gasteiger charge is 2.07. The van der Waals surface area contributed by atoms with Gasteiger partial charge in [0.15, 0.2) is 0 Å². The molecule has 0 fully saturated rings. The molecule has 0 saturated heterocycles. The van der Waals surface area contributed by atoms with Gasteiger partial charge in [-0.15, -0.1) is 11.3 Å². The van der Waals surface area contributed by atoms with Crippen LogP contribution in [0.15, 0.2) is 66.0 Å². The molecule has 1 amide bonds. The number of nitrogens with one attached hydrogen (secondary N) is 2. The lowest BCUT2D eigenvalue weighted by molar-refractivity contribution is -0.115. The normalized spacial score (nSPS) is 10.2. The molecule has 0 atom stereocenters. The molecular weight excluding hydrogens is 348 g/mol. The first-order valence-electron chi connectivity index (χ1n) is 8.02. The SMILES string of the molecule is COC(=O)c1cccc(Nc2ccc(NC(=O)Cc3cccs3)cc2)c1. The van der Waals surface area contributed by atoms with E-state index in [4.69, 9.17) is 4.74 Å². The molecule has 0 aliphatic heterocycles. The Kier molecular flexibility index (Phi) is 5.66. The number of hydrogen-bond donors (Lipinski definition) is 2. The molecule has 0 unspecified atom stereocenters. The fraction of sp³-hybridized carbons (Fsp3) is 0.100. The van der Waals surface area contributed by atoms with Crippen LogP contribution in [0.5, 0.6) is 0 Å². The summed E-state index contributed by atoms with van der Waals surface area (Å²) < 4.78 is 4.73.